The Morgan fingerprint density at radius 3 is 2.56 bits per heavy atom. The Labute approximate surface area is 93.2 Å². The first-order valence-electron chi connectivity index (χ1n) is 5.30. The highest BCUT2D eigenvalue weighted by atomic mass is 19.4. The number of hydrogen-bond donors (Lipinski definition) is 0. The van der Waals surface area contributed by atoms with Crippen molar-refractivity contribution in [3.05, 3.63) is 0 Å². The van der Waals surface area contributed by atoms with Gasteiger partial charge in [0.25, 0.3) is 0 Å². The summed E-state index contributed by atoms with van der Waals surface area (Å²) in [4.78, 5) is 14.4. The number of likely N-dealkylation sites (tertiary alicyclic amines) is 1. The Morgan fingerprint density at radius 1 is 1.44 bits per heavy atom. The largest absolute Gasteiger partial charge is 0.393 e. The molecule has 1 rings (SSSR count). The van der Waals surface area contributed by atoms with Crippen LogP contribution in [0.1, 0.15) is 12.8 Å². The van der Waals surface area contributed by atoms with Crippen molar-refractivity contribution < 1.29 is 18.0 Å². The summed E-state index contributed by atoms with van der Waals surface area (Å²) in [7, 11) is 3.21. The van der Waals surface area contributed by atoms with Crippen molar-refractivity contribution in [2.75, 3.05) is 33.7 Å². The van der Waals surface area contributed by atoms with Gasteiger partial charge >= 0.3 is 6.18 Å². The number of likely N-dealkylation sites (N-methyl/N-ethyl adjacent to an activating group) is 1. The molecule has 1 unspecified atom stereocenters. The molecule has 0 spiro atoms. The quantitative estimate of drug-likeness (QED) is 0.725. The monoisotopic (exact) mass is 238 g/mol. The Balaban J connectivity index is 2.48. The third-order valence-electron chi connectivity index (χ3n) is 2.83. The number of piperidine rings is 1. The molecule has 3 nitrogen and oxygen atoms in total. The molecule has 0 aromatic heterocycles. The fourth-order valence-electron chi connectivity index (χ4n) is 1.80. The Bertz CT molecular complexity index is 253. The number of rotatable bonds is 2. The lowest BCUT2D eigenvalue weighted by molar-refractivity contribution is -0.187. The summed E-state index contributed by atoms with van der Waals surface area (Å²) in [6.07, 6.45) is -3.46. The van der Waals surface area contributed by atoms with Gasteiger partial charge in [-0.3, -0.25) is 9.69 Å². The van der Waals surface area contributed by atoms with Gasteiger partial charge < -0.3 is 4.90 Å². The Kier molecular flexibility index (Phi) is 4.18. The van der Waals surface area contributed by atoms with Gasteiger partial charge in [0.2, 0.25) is 5.91 Å². The zero-order chi connectivity index (χ0) is 12.3. The normalized spacial score (nSPS) is 23.2. The molecule has 1 fully saturated rings. The average Bonchev–Trinajstić information content (AvgIpc) is 2.16. The minimum atomic E-state index is -4.14. The van der Waals surface area contributed by atoms with Crippen LogP contribution < -0.4 is 0 Å². The Hall–Kier alpha value is -0.780. The van der Waals surface area contributed by atoms with Crippen LogP contribution in [0.3, 0.4) is 0 Å². The first-order chi connectivity index (χ1) is 7.30. The van der Waals surface area contributed by atoms with E-state index in [1.165, 1.54) is 4.90 Å². The molecule has 1 aliphatic rings. The van der Waals surface area contributed by atoms with E-state index >= 15 is 0 Å². The van der Waals surface area contributed by atoms with E-state index in [-0.39, 0.29) is 25.4 Å². The highest BCUT2D eigenvalue weighted by Gasteiger charge is 2.41. The topological polar surface area (TPSA) is 23.6 Å². The van der Waals surface area contributed by atoms with Gasteiger partial charge in [0.15, 0.2) is 0 Å². The number of alkyl halides is 3. The van der Waals surface area contributed by atoms with Crippen molar-refractivity contribution in [2.45, 2.75) is 19.0 Å². The number of amides is 1. The number of hydrogen-bond acceptors (Lipinski definition) is 2. The molecule has 16 heavy (non-hydrogen) atoms. The van der Waals surface area contributed by atoms with Gasteiger partial charge in [-0.2, -0.15) is 13.2 Å². The SMILES string of the molecule is CN(C)C(=O)CN1CCCC(C(F)(F)F)C1. The molecule has 1 amide bonds. The van der Waals surface area contributed by atoms with E-state index in [0.29, 0.717) is 13.0 Å². The van der Waals surface area contributed by atoms with Crippen molar-refractivity contribution in [3.63, 3.8) is 0 Å². The molecule has 0 aromatic rings. The lowest BCUT2D eigenvalue weighted by Gasteiger charge is -2.33. The lowest BCUT2D eigenvalue weighted by Crippen LogP contribution is -2.45. The molecular formula is C10H17F3N2O. The van der Waals surface area contributed by atoms with E-state index in [2.05, 4.69) is 0 Å². The van der Waals surface area contributed by atoms with Crippen LogP contribution in [0.25, 0.3) is 0 Å². The summed E-state index contributed by atoms with van der Waals surface area (Å²) in [6.45, 7) is 0.606. The molecule has 6 heteroatoms. The van der Waals surface area contributed by atoms with Gasteiger partial charge in [0.05, 0.1) is 12.5 Å². The summed E-state index contributed by atoms with van der Waals surface area (Å²) in [6, 6.07) is 0. The summed E-state index contributed by atoms with van der Waals surface area (Å²) in [5, 5.41) is 0. The molecule has 0 radical (unpaired) electrons. The van der Waals surface area contributed by atoms with E-state index in [1.807, 2.05) is 0 Å². The second kappa shape index (κ2) is 5.03. The van der Waals surface area contributed by atoms with Crippen molar-refractivity contribution in [1.82, 2.24) is 9.80 Å². The highest BCUT2D eigenvalue weighted by molar-refractivity contribution is 5.77. The number of halogens is 3. The van der Waals surface area contributed by atoms with Crippen molar-refractivity contribution in [3.8, 4) is 0 Å². The van der Waals surface area contributed by atoms with Crippen LogP contribution in [0, 0.1) is 5.92 Å². The molecule has 0 aliphatic carbocycles. The molecule has 0 N–H and O–H groups in total. The van der Waals surface area contributed by atoms with Crippen LogP contribution in [0.15, 0.2) is 0 Å². The predicted octanol–water partition coefficient (Wildman–Crippen LogP) is 1.35. The molecule has 1 aliphatic heterocycles. The molecular weight excluding hydrogens is 221 g/mol. The first-order valence-corrected chi connectivity index (χ1v) is 5.30. The van der Waals surface area contributed by atoms with Gasteiger partial charge in [-0.05, 0) is 19.4 Å². The van der Waals surface area contributed by atoms with Crippen LogP contribution in [-0.2, 0) is 4.79 Å². The number of carbonyl (C=O) groups excluding carboxylic acids is 1. The van der Waals surface area contributed by atoms with E-state index < -0.39 is 12.1 Å². The maximum absolute atomic E-state index is 12.5. The van der Waals surface area contributed by atoms with Crippen LogP contribution in [0.4, 0.5) is 13.2 Å². The van der Waals surface area contributed by atoms with E-state index in [1.54, 1.807) is 19.0 Å². The molecule has 1 atom stereocenters. The molecule has 94 valence electrons. The maximum atomic E-state index is 12.5. The second-order valence-electron chi connectivity index (χ2n) is 4.40. The molecule has 0 saturated carbocycles. The molecule has 1 saturated heterocycles. The summed E-state index contributed by atoms with van der Waals surface area (Å²) in [5.41, 5.74) is 0. The van der Waals surface area contributed by atoms with Crippen molar-refractivity contribution in [2.24, 2.45) is 5.92 Å². The molecule has 0 aromatic carbocycles. The summed E-state index contributed by atoms with van der Waals surface area (Å²) < 4.78 is 37.5. The van der Waals surface area contributed by atoms with Gasteiger partial charge in [0, 0.05) is 20.6 Å². The maximum Gasteiger partial charge on any atom is 0.393 e. The Morgan fingerprint density at radius 2 is 2.06 bits per heavy atom. The lowest BCUT2D eigenvalue weighted by atomic mass is 9.97. The van der Waals surface area contributed by atoms with Gasteiger partial charge in [-0.25, -0.2) is 0 Å². The van der Waals surface area contributed by atoms with Gasteiger partial charge in [-0.1, -0.05) is 0 Å². The zero-order valence-electron chi connectivity index (χ0n) is 9.55. The number of nitrogens with zero attached hydrogens (tertiary/aromatic N) is 2. The molecule has 0 bridgehead atoms. The summed E-state index contributed by atoms with van der Waals surface area (Å²) in [5.74, 6) is -1.43. The van der Waals surface area contributed by atoms with Crippen molar-refractivity contribution in [1.29, 1.82) is 0 Å². The third-order valence-corrected chi connectivity index (χ3v) is 2.83. The smallest absolute Gasteiger partial charge is 0.348 e. The van der Waals surface area contributed by atoms with Crippen molar-refractivity contribution >= 4 is 5.91 Å². The third kappa shape index (κ3) is 3.66. The first kappa shape index (κ1) is 13.3. The zero-order valence-corrected chi connectivity index (χ0v) is 9.55. The van der Waals surface area contributed by atoms with E-state index in [0.717, 1.165) is 0 Å². The predicted molar refractivity (Wildman–Crippen MR) is 53.9 cm³/mol. The van der Waals surface area contributed by atoms with Gasteiger partial charge in [0.1, 0.15) is 0 Å². The minimum Gasteiger partial charge on any atom is -0.348 e. The van der Waals surface area contributed by atoms with Crippen LogP contribution >= 0.6 is 0 Å². The molecule has 1 heterocycles. The van der Waals surface area contributed by atoms with Crippen LogP contribution in [0.2, 0.25) is 0 Å². The summed E-state index contributed by atoms with van der Waals surface area (Å²) >= 11 is 0. The van der Waals surface area contributed by atoms with Gasteiger partial charge in [-0.15, -0.1) is 0 Å². The fraction of sp³-hybridized carbons (Fsp3) is 0.900. The highest BCUT2D eigenvalue weighted by Crippen LogP contribution is 2.32. The minimum absolute atomic E-state index is 0.0525. The average molecular weight is 238 g/mol. The fourth-order valence-corrected chi connectivity index (χ4v) is 1.80. The number of carbonyl (C=O) groups is 1. The van der Waals surface area contributed by atoms with Crippen LogP contribution in [-0.4, -0.2) is 55.6 Å². The standard InChI is InChI=1S/C10H17F3N2O/c1-14(2)9(16)7-15-5-3-4-8(6-15)10(11,12)13/h8H,3-7H2,1-2H3. The van der Waals surface area contributed by atoms with Crippen LogP contribution in [0.5, 0.6) is 0 Å². The van der Waals surface area contributed by atoms with E-state index in [4.69, 9.17) is 0 Å². The second-order valence-corrected chi connectivity index (χ2v) is 4.40. The van der Waals surface area contributed by atoms with E-state index in [9.17, 15) is 18.0 Å².